The zero-order valence-electron chi connectivity index (χ0n) is 11.9. The molecule has 0 unspecified atom stereocenters. The standard InChI is InChI=1S/C12H11ClF3N5OS/c1-6(23-11-18-19-20-21(11)2)10(22)17-7-3-4-9(13)8(5-7)12(14,15)16/h3-6H,1-2H3,(H,17,22)/t6-/m0/s1. The van der Waals surface area contributed by atoms with Crippen LogP contribution in [0.3, 0.4) is 0 Å². The second-order valence-corrected chi connectivity index (χ2v) is 6.24. The summed E-state index contributed by atoms with van der Waals surface area (Å²) in [6, 6.07) is 3.18. The van der Waals surface area contributed by atoms with Crippen molar-refractivity contribution >= 4 is 35.0 Å². The third kappa shape index (κ3) is 4.35. The average Bonchev–Trinajstić information content (AvgIpc) is 2.85. The van der Waals surface area contributed by atoms with E-state index in [0.29, 0.717) is 5.16 Å². The van der Waals surface area contributed by atoms with Gasteiger partial charge in [0.1, 0.15) is 0 Å². The fourth-order valence-corrected chi connectivity index (χ4v) is 2.58. The van der Waals surface area contributed by atoms with Crippen LogP contribution in [-0.2, 0) is 18.0 Å². The highest BCUT2D eigenvalue weighted by Crippen LogP contribution is 2.36. The van der Waals surface area contributed by atoms with Gasteiger partial charge < -0.3 is 5.32 Å². The molecule has 0 spiro atoms. The van der Waals surface area contributed by atoms with E-state index in [1.54, 1.807) is 14.0 Å². The number of hydrogen-bond donors (Lipinski definition) is 1. The van der Waals surface area contributed by atoms with Crippen LogP contribution in [0.2, 0.25) is 5.02 Å². The molecule has 2 aromatic rings. The van der Waals surface area contributed by atoms with Gasteiger partial charge in [0.05, 0.1) is 15.8 Å². The highest BCUT2D eigenvalue weighted by atomic mass is 35.5. The number of halogens is 4. The van der Waals surface area contributed by atoms with Gasteiger partial charge in [-0.3, -0.25) is 4.79 Å². The van der Waals surface area contributed by atoms with Gasteiger partial charge in [-0.15, -0.1) is 5.10 Å². The number of aryl methyl sites for hydroxylation is 1. The highest BCUT2D eigenvalue weighted by Gasteiger charge is 2.33. The van der Waals surface area contributed by atoms with Crippen LogP contribution in [0.4, 0.5) is 18.9 Å². The minimum atomic E-state index is -4.59. The molecule has 1 atom stereocenters. The molecule has 0 radical (unpaired) electrons. The predicted molar refractivity (Wildman–Crippen MR) is 79.2 cm³/mol. The van der Waals surface area contributed by atoms with Crippen LogP contribution in [0.15, 0.2) is 23.4 Å². The Kier molecular flexibility index (Phi) is 5.15. The third-order valence-electron chi connectivity index (χ3n) is 2.77. The normalized spacial score (nSPS) is 13.0. The molecule has 124 valence electrons. The Morgan fingerprint density at radius 1 is 1.43 bits per heavy atom. The fourth-order valence-electron chi connectivity index (χ4n) is 1.60. The van der Waals surface area contributed by atoms with Gasteiger partial charge >= 0.3 is 6.18 Å². The summed E-state index contributed by atoms with van der Waals surface area (Å²) in [4.78, 5) is 12.1. The van der Waals surface area contributed by atoms with Gasteiger partial charge in [-0.2, -0.15) is 13.2 Å². The smallest absolute Gasteiger partial charge is 0.325 e. The van der Waals surface area contributed by atoms with Crippen LogP contribution in [0.25, 0.3) is 0 Å². The van der Waals surface area contributed by atoms with Crippen molar-refractivity contribution in [1.82, 2.24) is 20.2 Å². The summed E-state index contributed by atoms with van der Waals surface area (Å²) in [6.45, 7) is 1.59. The monoisotopic (exact) mass is 365 g/mol. The summed E-state index contributed by atoms with van der Waals surface area (Å²) >= 11 is 6.61. The summed E-state index contributed by atoms with van der Waals surface area (Å²) in [6.07, 6.45) is -4.59. The minimum Gasteiger partial charge on any atom is -0.325 e. The summed E-state index contributed by atoms with van der Waals surface area (Å²) < 4.78 is 39.8. The van der Waals surface area contributed by atoms with Gasteiger partial charge in [-0.05, 0) is 35.5 Å². The zero-order valence-corrected chi connectivity index (χ0v) is 13.5. The lowest BCUT2D eigenvalue weighted by Crippen LogP contribution is -2.23. The van der Waals surface area contributed by atoms with Gasteiger partial charge in [0.25, 0.3) is 0 Å². The van der Waals surface area contributed by atoms with Crippen molar-refractivity contribution in [2.24, 2.45) is 7.05 Å². The van der Waals surface area contributed by atoms with Gasteiger partial charge in [-0.25, -0.2) is 4.68 Å². The molecule has 0 aliphatic heterocycles. The molecule has 0 bridgehead atoms. The SMILES string of the molecule is C[C@H](Sc1nnnn1C)C(=O)Nc1ccc(Cl)c(C(F)(F)F)c1. The number of alkyl halides is 3. The number of carbonyl (C=O) groups is 1. The van der Waals surface area contributed by atoms with Crippen molar-refractivity contribution in [1.29, 1.82) is 0 Å². The number of nitrogens with one attached hydrogen (secondary N) is 1. The van der Waals surface area contributed by atoms with Crippen molar-refractivity contribution < 1.29 is 18.0 Å². The Morgan fingerprint density at radius 2 is 2.13 bits per heavy atom. The van der Waals surface area contributed by atoms with Gasteiger partial charge in [-0.1, -0.05) is 23.4 Å². The van der Waals surface area contributed by atoms with E-state index in [-0.39, 0.29) is 5.69 Å². The lowest BCUT2D eigenvalue weighted by Gasteiger charge is -2.14. The first-order chi connectivity index (χ1) is 10.7. The predicted octanol–water partition coefficient (Wildman–Crippen LogP) is 3.00. The molecule has 0 saturated carbocycles. The Labute approximate surface area is 138 Å². The van der Waals surface area contributed by atoms with Crippen LogP contribution in [0.5, 0.6) is 0 Å². The lowest BCUT2D eigenvalue weighted by molar-refractivity contribution is -0.137. The Bertz CT molecular complexity index is 721. The van der Waals surface area contributed by atoms with Crippen LogP contribution >= 0.6 is 23.4 Å². The third-order valence-corrected chi connectivity index (χ3v) is 4.23. The molecule has 6 nitrogen and oxygen atoms in total. The second kappa shape index (κ2) is 6.75. The topological polar surface area (TPSA) is 72.7 Å². The maximum Gasteiger partial charge on any atom is 0.417 e. The van der Waals surface area contributed by atoms with Crippen molar-refractivity contribution in [2.45, 2.75) is 23.5 Å². The molecular formula is C12H11ClF3N5OS. The van der Waals surface area contributed by atoms with Crippen molar-refractivity contribution in [3.05, 3.63) is 28.8 Å². The van der Waals surface area contributed by atoms with Gasteiger partial charge in [0.2, 0.25) is 11.1 Å². The number of hydrogen-bond acceptors (Lipinski definition) is 5. The fraction of sp³-hybridized carbons (Fsp3) is 0.333. The summed E-state index contributed by atoms with van der Waals surface area (Å²) in [5.41, 5.74) is -0.995. The maximum atomic E-state index is 12.8. The summed E-state index contributed by atoms with van der Waals surface area (Å²) in [5.74, 6) is -0.478. The highest BCUT2D eigenvalue weighted by molar-refractivity contribution is 8.00. The van der Waals surface area contributed by atoms with Crippen molar-refractivity contribution in [3.8, 4) is 0 Å². The van der Waals surface area contributed by atoms with Crippen LogP contribution in [0, 0.1) is 0 Å². The molecule has 2 rings (SSSR count). The van der Waals surface area contributed by atoms with E-state index in [2.05, 4.69) is 20.8 Å². The number of amides is 1. The van der Waals surface area contributed by atoms with Gasteiger partial charge in [0, 0.05) is 12.7 Å². The lowest BCUT2D eigenvalue weighted by atomic mass is 10.2. The number of thioether (sulfide) groups is 1. The van der Waals surface area contributed by atoms with E-state index < -0.39 is 27.9 Å². The van der Waals surface area contributed by atoms with Gasteiger partial charge in [0.15, 0.2) is 0 Å². The molecule has 1 amide bonds. The van der Waals surface area contributed by atoms with Crippen molar-refractivity contribution in [2.75, 3.05) is 5.32 Å². The largest absolute Gasteiger partial charge is 0.417 e. The maximum absolute atomic E-state index is 12.8. The van der Waals surface area contributed by atoms with E-state index in [1.165, 1.54) is 10.7 Å². The van der Waals surface area contributed by atoms with Crippen LogP contribution in [0.1, 0.15) is 12.5 Å². The molecule has 11 heteroatoms. The number of anilines is 1. The van der Waals surface area contributed by atoms with E-state index in [4.69, 9.17) is 11.6 Å². The minimum absolute atomic E-state index is 0.00950. The molecule has 23 heavy (non-hydrogen) atoms. The molecule has 0 aliphatic rings. The molecule has 1 aromatic carbocycles. The number of nitrogens with zero attached hydrogens (tertiary/aromatic N) is 4. The van der Waals surface area contributed by atoms with E-state index in [0.717, 1.165) is 23.9 Å². The second-order valence-electron chi connectivity index (χ2n) is 4.53. The summed E-state index contributed by atoms with van der Waals surface area (Å²) in [5, 5.41) is 12.6. The molecule has 0 saturated heterocycles. The Hall–Kier alpha value is -1.81. The zero-order chi connectivity index (χ0) is 17.2. The number of rotatable bonds is 4. The van der Waals surface area contributed by atoms with Crippen LogP contribution < -0.4 is 5.32 Å². The van der Waals surface area contributed by atoms with E-state index in [9.17, 15) is 18.0 Å². The van der Waals surface area contributed by atoms with Crippen molar-refractivity contribution in [3.63, 3.8) is 0 Å². The van der Waals surface area contributed by atoms with Crippen LogP contribution in [-0.4, -0.2) is 31.4 Å². The number of tetrazole rings is 1. The first-order valence-corrected chi connectivity index (χ1v) is 7.51. The quantitative estimate of drug-likeness (QED) is 0.843. The molecule has 0 aliphatic carbocycles. The first kappa shape index (κ1) is 17.5. The van der Waals surface area contributed by atoms with E-state index >= 15 is 0 Å². The first-order valence-electron chi connectivity index (χ1n) is 6.25. The summed E-state index contributed by atoms with van der Waals surface area (Å²) in [7, 11) is 1.61. The molecule has 1 aromatic heterocycles. The number of carbonyl (C=O) groups excluding carboxylic acids is 1. The molecule has 1 N–H and O–H groups in total. The number of benzene rings is 1. The molecular weight excluding hydrogens is 355 g/mol. The molecule has 1 heterocycles. The van der Waals surface area contributed by atoms with E-state index in [1.807, 2.05) is 0 Å². The average molecular weight is 366 g/mol. The molecule has 0 fully saturated rings. The number of aromatic nitrogens is 4. The Morgan fingerprint density at radius 3 is 2.70 bits per heavy atom. The Balaban J connectivity index is 2.09.